The van der Waals surface area contributed by atoms with Crippen molar-refractivity contribution in [3.05, 3.63) is 30.5 Å². The molecule has 190 valence electrons. The maximum atomic E-state index is 14.2. The number of piperazine rings is 1. The van der Waals surface area contributed by atoms with E-state index in [4.69, 9.17) is 4.74 Å². The molecule has 1 aliphatic carbocycles. The summed E-state index contributed by atoms with van der Waals surface area (Å²) < 4.78 is 21.3. The van der Waals surface area contributed by atoms with Crippen molar-refractivity contribution in [1.29, 1.82) is 0 Å². The van der Waals surface area contributed by atoms with Crippen molar-refractivity contribution in [2.45, 2.75) is 58.5 Å². The van der Waals surface area contributed by atoms with E-state index in [1.165, 1.54) is 19.0 Å². The molecule has 0 N–H and O–H groups in total. The van der Waals surface area contributed by atoms with Gasteiger partial charge in [-0.05, 0) is 47.0 Å². The molecule has 0 aromatic carbocycles. The highest BCUT2D eigenvalue weighted by molar-refractivity contribution is 5.74. The van der Waals surface area contributed by atoms with Crippen molar-refractivity contribution >= 4 is 11.8 Å². The summed E-state index contributed by atoms with van der Waals surface area (Å²) in [6, 6.07) is 2.16. The summed E-state index contributed by atoms with van der Waals surface area (Å²) in [5, 5.41) is 4.51. The van der Waals surface area contributed by atoms with E-state index in [0.717, 1.165) is 62.6 Å². The van der Waals surface area contributed by atoms with Crippen LogP contribution in [0.4, 0.5) is 14.9 Å². The maximum absolute atomic E-state index is 14.2. The average Bonchev–Trinajstić information content (AvgIpc) is 3.46. The number of aromatic nitrogens is 3. The van der Waals surface area contributed by atoms with E-state index >= 15 is 0 Å². The molecule has 0 radical (unpaired) electrons. The van der Waals surface area contributed by atoms with Gasteiger partial charge in [0, 0.05) is 68.6 Å². The van der Waals surface area contributed by atoms with Gasteiger partial charge < -0.3 is 14.5 Å². The van der Waals surface area contributed by atoms with Gasteiger partial charge in [0.1, 0.15) is 5.82 Å². The Bertz CT molecular complexity index is 1070. The molecule has 8 nitrogen and oxygen atoms in total. The van der Waals surface area contributed by atoms with Gasteiger partial charge in [-0.15, -0.1) is 0 Å². The zero-order chi connectivity index (χ0) is 24.8. The Morgan fingerprint density at radius 3 is 2.60 bits per heavy atom. The first-order valence-electron chi connectivity index (χ1n) is 12.8. The van der Waals surface area contributed by atoms with Crippen molar-refractivity contribution in [2.24, 2.45) is 5.41 Å². The van der Waals surface area contributed by atoms with E-state index in [9.17, 15) is 9.18 Å². The molecule has 1 atom stereocenters. The van der Waals surface area contributed by atoms with Crippen LogP contribution in [0.2, 0.25) is 0 Å². The highest BCUT2D eigenvalue weighted by atomic mass is 19.1. The minimum atomic E-state index is -0.316. The molecule has 2 aliphatic heterocycles. The molecule has 2 aromatic heterocycles. The van der Waals surface area contributed by atoms with Crippen molar-refractivity contribution in [1.82, 2.24) is 24.6 Å². The zero-order valence-corrected chi connectivity index (χ0v) is 21.3. The summed E-state index contributed by atoms with van der Waals surface area (Å²) in [4.78, 5) is 23.1. The summed E-state index contributed by atoms with van der Waals surface area (Å²) in [5.74, 6) is -0.316. The van der Waals surface area contributed by atoms with Gasteiger partial charge in [0.25, 0.3) is 0 Å². The minimum absolute atomic E-state index is 0.128. The Morgan fingerprint density at radius 2 is 1.94 bits per heavy atom. The molecule has 0 bridgehead atoms. The van der Waals surface area contributed by atoms with Crippen molar-refractivity contribution in [3.63, 3.8) is 0 Å². The van der Waals surface area contributed by atoms with Crippen LogP contribution in [0.1, 0.15) is 47.0 Å². The van der Waals surface area contributed by atoms with Gasteiger partial charge >= 0.3 is 6.09 Å². The van der Waals surface area contributed by atoms with Crippen molar-refractivity contribution in [3.8, 4) is 11.3 Å². The third kappa shape index (κ3) is 4.75. The monoisotopic (exact) mass is 484 g/mol. The first-order chi connectivity index (χ1) is 16.7. The summed E-state index contributed by atoms with van der Waals surface area (Å²) in [7, 11) is 0. The molecule has 3 fully saturated rings. The van der Waals surface area contributed by atoms with Crippen LogP contribution >= 0.6 is 0 Å². The smallest absolute Gasteiger partial charge is 0.409 e. The van der Waals surface area contributed by atoms with Gasteiger partial charge in [0.05, 0.1) is 35.9 Å². The van der Waals surface area contributed by atoms with Crippen LogP contribution in [0.5, 0.6) is 0 Å². The van der Waals surface area contributed by atoms with Crippen LogP contribution in [0.3, 0.4) is 0 Å². The molecular formula is C26H37FN6O2. The van der Waals surface area contributed by atoms with Crippen LogP contribution in [0.15, 0.2) is 24.7 Å². The van der Waals surface area contributed by atoms with E-state index in [1.54, 1.807) is 6.07 Å². The van der Waals surface area contributed by atoms with E-state index in [2.05, 4.69) is 40.7 Å². The van der Waals surface area contributed by atoms with E-state index in [0.29, 0.717) is 12.6 Å². The number of nitrogens with zero attached hydrogens (tertiary/aromatic N) is 6. The number of hydrogen-bond acceptors (Lipinski definition) is 6. The first-order valence-corrected chi connectivity index (χ1v) is 12.8. The molecule has 35 heavy (non-hydrogen) atoms. The lowest BCUT2D eigenvalue weighted by molar-refractivity contribution is -0.00294. The Morgan fingerprint density at radius 1 is 1.20 bits per heavy atom. The Labute approximate surface area is 207 Å². The molecule has 1 amide bonds. The Kier molecular flexibility index (Phi) is 6.23. The lowest BCUT2D eigenvalue weighted by atomic mass is 9.78. The third-order valence-corrected chi connectivity index (χ3v) is 7.80. The fourth-order valence-corrected chi connectivity index (χ4v) is 5.91. The van der Waals surface area contributed by atoms with Crippen LogP contribution in [0, 0.1) is 11.2 Å². The number of carbonyl (C=O) groups excluding carboxylic acids is 1. The number of likely N-dealkylation sites (tertiary alicyclic amines) is 1. The van der Waals surface area contributed by atoms with E-state index in [1.807, 2.05) is 28.9 Å². The first kappa shape index (κ1) is 24.0. The molecule has 2 aromatic rings. The Hall–Kier alpha value is -2.68. The van der Waals surface area contributed by atoms with E-state index in [-0.39, 0.29) is 22.9 Å². The maximum Gasteiger partial charge on any atom is 0.409 e. The summed E-state index contributed by atoms with van der Waals surface area (Å²) in [6.07, 6.45) is 8.42. The van der Waals surface area contributed by atoms with Gasteiger partial charge in [-0.1, -0.05) is 0 Å². The number of hydrogen-bond donors (Lipinski definition) is 0. The average molecular weight is 485 g/mol. The Balaban J connectivity index is 1.22. The highest BCUT2D eigenvalue weighted by Gasteiger charge is 2.51. The summed E-state index contributed by atoms with van der Waals surface area (Å²) in [6.45, 7) is 13.8. The standard InChI is InChI=1S/C26H37FN6O2/c1-5-35-24(34)32-17-26(18-32)7-6-21(13-26)30-8-10-31(11-9-30)22-12-20(27)15-28-23(22)19-14-29-33(16-19)25(2,3)4/h12,14-16,21H,5-11,13,17-18H2,1-4H3/t21-/m1/s1. The van der Waals surface area contributed by atoms with Crippen molar-refractivity contribution in [2.75, 3.05) is 50.8 Å². The molecule has 3 aliphatic rings. The molecule has 5 rings (SSSR count). The minimum Gasteiger partial charge on any atom is -0.450 e. The van der Waals surface area contributed by atoms with Crippen LogP contribution in [-0.4, -0.2) is 82.6 Å². The number of pyridine rings is 1. The number of rotatable bonds is 4. The lowest BCUT2D eigenvalue weighted by Gasteiger charge is -2.48. The SMILES string of the molecule is CCOC(=O)N1CC2(CC[C@@H](N3CCN(c4cc(F)cnc4-c4cnn(C(C)(C)C)c4)CC3)C2)C1. The second kappa shape index (κ2) is 9.08. The predicted molar refractivity (Wildman–Crippen MR) is 133 cm³/mol. The molecule has 0 unspecified atom stereocenters. The molecule has 1 spiro atoms. The summed E-state index contributed by atoms with van der Waals surface area (Å²) in [5.41, 5.74) is 2.66. The van der Waals surface area contributed by atoms with E-state index < -0.39 is 0 Å². The molecule has 9 heteroatoms. The molecule has 4 heterocycles. The number of halogens is 1. The second-order valence-electron chi connectivity index (χ2n) is 11.3. The van der Waals surface area contributed by atoms with Crippen LogP contribution in [-0.2, 0) is 10.3 Å². The van der Waals surface area contributed by atoms with Gasteiger partial charge in [-0.2, -0.15) is 5.10 Å². The van der Waals surface area contributed by atoms with Crippen molar-refractivity contribution < 1.29 is 13.9 Å². The number of amides is 1. The molecular weight excluding hydrogens is 447 g/mol. The predicted octanol–water partition coefficient (Wildman–Crippen LogP) is 3.97. The fraction of sp³-hybridized carbons (Fsp3) is 0.654. The second-order valence-corrected chi connectivity index (χ2v) is 11.3. The normalized spacial score (nSPS) is 22.5. The largest absolute Gasteiger partial charge is 0.450 e. The van der Waals surface area contributed by atoms with Gasteiger partial charge in [0.2, 0.25) is 0 Å². The van der Waals surface area contributed by atoms with Gasteiger partial charge in [0.15, 0.2) is 0 Å². The van der Waals surface area contributed by atoms with Gasteiger partial charge in [-0.3, -0.25) is 14.6 Å². The molecule has 1 saturated carbocycles. The van der Waals surface area contributed by atoms with Crippen LogP contribution in [0.25, 0.3) is 11.3 Å². The fourth-order valence-electron chi connectivity index (χ4n) is 5.91. The van der Waals surface area contributed by atoms with Crippen LogP contribution < -0.4 is 4.90 Å². The summed E-state index contributed by atoms with van der Waals surface area (Å²) >= 11 is 0. The lowest BCUT2D eigenvalue weighted by Crippen LogP contribution is -2.58. The topological polar surface area (TPSA) is 66.7 Å². The number of carbonyl (C=O) groups is 1. The highest BCUT2D eigenvalue weighted by Crippen LogP contribution is 2.47. The molecule has 2 saturated heterocycles. The number of ether oxygens (including phenoxy) is 1. The third-order valence-electron chi connectivity index (χ3n) is 7.80. The number of anilines is 1. The van der Waals surface area contributed by atoms with Gasteiger partial charge in [-0.25, -0.2) is 9.18 Å². The zero-order valence-electron chi connectivity index (χ0n) is 21.3. The quantitative estimate of drug-likeness (QED) is 0.654.